The van der Waals surface area contributed by atoms with Crippen LogP contribution >= 0.6 is 12.4 Å². The van der Waals surface area contributed by atoms with Gasteiger partial charge in [0, 0.05) is 0 Å². The fourth-order valence-corrected chi connectivity index (χ4v) is 3.09. The van der Waals surface area contributed by atoms with Gasteiger partial charge in [0.15, 0.2) is 0 Å². The van der Waals surface area contributed by atoms with E-state index < -0.39 is 0 Å². The van der Waals surface area contributed by atoms with Crippen LogP contribution in [0.2, 0.25) is 0 Å². The molecule has 0 unspecified atom stereocenters. The molecular weight excluding hydrogens is 396 g/mol. The van der Waals surface area contributed by atoms with E-state index in [1.807, 2.05) is 66.7 Å². The van der Waals surface area contributed by atoms with Crippen LogP contribution < -0.4 is 8.06 Å². The third-order valence-corrected chi connectivity index (χ3v) is 4.45. The second-order valence-electron chi connectivity index (χ2n) is 5.93. The smallest absolute Gasteiger partial charge is 0.147 e. The number of esters is 1. The normalized spacial score (nSPS) is 9.93. The Morgan fingerprint density at radius 3 is 2.00 bits per heavy atom. The monoisotopic (exact) mass is 415 g/mol. The quantitative estimate of drug-likeness (QED) is 0.290. The van der Waals surface area contributed by atoms with E-state index in [0.29, 0.717) is 11.3 Å². The van der Waals surface area contributed by atoms with E-state index in [0.717, 1.165) is 29.7 Å². The Kier molecular flexibility index (Phi) is 8.11. The molecule has 27 heavy (non-hydrogen) atoms. The third-order valence-electron chi connectivity index (χ3n) is 4.11. The molecule has 0 aromatic heterocycles. The summed E-state index contributed by atoms with van der Waals surface area (Å²) in [5.41, 5.74) is 3.47. The van der Waals surface area contributed by atoms with Crippen LogP contribution in [-0.2, 0) is 27.2 Å². The summed E-state index contributed by atoms with van der Waals surface area (Å²) in [5.74, 6) is 0.884. The average Bonchev–Trinajstić information content (AvgIpc) is 2.69. The SMILES string of the molecule is CCCc1ccc(C(=O)Oc2ccccc2-c2ccccc2[O][Ti])cc1.Cl. The number of aryl methyl sites for hydroxylation is 1. The molecule has 3 aromatic carbocycles. The van der Waals surface area contributed by atoms with Gasteiger partial charge in [-0.1, -0.05) is 13.3 Å². The summed E-state index contributed by atoms with van der Waals surface area (Å²) < 4.78 is 11.1. The minimum absolute atomic E-state index is 0. The summed E-state index contributed by atoms with van der Waals surface area (Å²) in [4.78, 5) is 12.6. The molecule has 0 saturated carbocycles. The molecule has 3 aromatic rings. The van der Waals surface area contributed by atoms with Crippen LogP contribution in [0.25, 0.3) is 11.1 Å². The van der Waals surface area contributed by atoms with E-state index in [-0.39, 0.29) is 18.4 Å². The Balaban J connectivity index is 0.00000261. The van der Waals surface area contributed by atoms with Crippen LogP contribution in [0, 0.1) is 0 Å². The van der Waals surface area contributed by atoms with Gasteiger partial charge in [0.25, 0.3) is 0 Å². The Morgan fingerprint density at radius 1 is 0.852 bits per heavy atom. The maximum absolute atomic E-state index is 12.6. The molecule has 0 N–H and O–H groups in total. The van der Waals surface area contributed by atoms with Gasteiger partial charge in [-0.2, -0.15) is 0 Å². The molecule has 0 bridgehead atoms. The molecule has 0 fully saturated rings. The van der Waals surface area contributed by atoms with Gasteiger partial charge in [-0.05, 0) is 0 Å². The zero-order chi connectivity index (χ0) is 18.4. The van der Waals surface area contributed by atoms with Crippen LogP contribution in [-0.4, -0.2) is 5.97 Å². The number of rotatable bonds is 6. The van der Waals surface area contributed by atoms with Crippen molar-refractivity contribution >= 4 is 18.4 Å². The second-order valence-corrected chi connectivity index (χ2v) is 6.25. The van der Waals surface area contributed by atoms with E-state index in [9.17, 15) is 4.79 Å². The zero-order valence-corrected chi connectivity index (χ0v) is 17.4. The molecule has 137 valence electrons. The number of ether oxygens (including phenoxy) is 1. The summed E-state index contributed by atoms with van der Waals surface area (Å²) in [7, 11) is 0. The Bertz CT molecular complexity index is 894. The third kappa shape index (κ3) is 5.23. The van der Waals surface area contributed by atoms with E-state index in [2.05, 4.69) is 6.92 Å². The van der Waals surface area contributed by atoms with Gasteiger partial charge in [-0.15, -0.1) is 12.4 Å². The fourth-order valence-electron chi connectivity index (χ4n) is 2.81. The van der Waals surface area contributed by atoms with Crippen molar-refractivity contribution in [2.75, 3.05) is 0 Å². The van der Waals surface area contributed by atoms with Crippen molar-refractivity contribution in [2.24, 2.45) is 0 Å². The molecule has 3 nitrogen and oxygen atoms in total. The summed E-state index contributed by atoms with van der Waals surface area (Å²) in [5, 5.41) is 0. The Labute approximate surface area is 178 Å². The van der Waals surface area contributed by atoms with Crippen molar-refractivity contribution in [3.05, 3.63) is 83.9 Å². The Morgan fingerprint density at radius 2 is 1.41 bits per heavy atom. The van der Waals surface area contributed by atoms with Gasteiger partial charge in [0.2, 0.25) is 0 Å². The first-order valence-corrected chi connectivity index (χ1v) is 9.19. The van der Waals surface area contributed by atoms with Crippen LogP contribution in [0.1, 0.15) is 29.3 Å². The largest absolute Gasteiger partial charge is 0.147 e. The van der Waals surface area contributed by atoms with Crippen LogP contribution in [0.15, 0.2) is 72.8 Å². The van der Waals surface area contributed by atoms with Gasteiger partial charge in [0.1, 0.15) is 0 Å². The molecule has 0 aliphatic rings. The number of carbonyl (C=O) groups is 1. The van der Waals surface area contributed by atoms with Crippen molar-refractivity contribution < 1.29 is 33.7 Å². The van der Waals surface area contributed by atoms with Crippen molar-refractivity contribution in [3.8, 4) is 22.6 Å². The number of carbonyl (C=O) groups excluding carboxylic acids is 1. The summed E-state index contributed by atoms with van der Waals surface area (Å²) in [6.07, 6.45) is 2.09. The maximum atomic E-state index is 12.6. The summed E-state index contributed by atoms with van der Waals surface area (Å²) >= 11 is 1.63. The minimum Gasteiger partial charge on any atom is -0.147 e. The molecule has 0 aliphatic carbocycles. The standard InChI is InChI=1S/C22H20O3.ClH.Ti/c1-2-7-16-12-14-17(15-13-16)22(24)25-21-11-6-4-9-19(21)18-8-3-5-10-20(18)23;;/h3-6,8-15,23H,2,7H2,1H3;1H;/q;;+1/p-1. The molecule has 0 heterocycles. The van der Waals surface area contributed by atoms with Gasteiger partial charge in [-0.25, -0.2) is 0 Å². The average molecular weight is 416 g/mol. The first-order valence-electron chi connectivity index (χ1n) is 8.56. The molecule has 0 aliphatic heterocycles. The van der Waals surface area contributed by atoms with Crippen LogP contribution in [0.3, 0.4) is 0 Å². The Hall–Kier alpha value is -2.07. The number of benzene rings is 3. The molecule has 3 rings (SSSR count). The van der Waals surface area contributed by atoms with E-state index in [4.69, 9.17) is 8.06 Å². The van der Waals surface area contributed by atoms with Crippen molar-refractivity contribution in [1.82, 2.24) is 0 Å². The van der Waals surface area contributed by atoms with E-state index in [1.54, 1.807) is 26.9 Å². The van der Waals surface area contributed by atoms with Crippen LogP contribution in [0.4, 0.5) is 0 Å². The first-order chi connectivity index (χ1) is 12.7. The van der Waals surface area contributed by atoms with E-state index >= 15 is 0 Å². The topological polar surface area (TPSA) is 35.5 Å². The first kappa shape index (κ1) is 21.2. The zero-order valence-electron chi connectivity index (χ0n) is 15.0. The maximum Gasteiger partial charge on any atom is -0.147 e. The second kappa shape index (κ2) is 10.3. The van der Waals surface area contributed by atoms with Crippen molar-refractivity contribution in [2.45, 2.75) is 19.8 Å². The predicted octanol–water partition coefficient (Wildman–Crippen LogP) is 5.79. The molecule has 0 amide bonds. The molecule has 0 saturated heterocycles. The van der Waals surface area contributed by atoms with Gasteiger partial charge in [0.05, 0.1) is 0 Å². The molecule has 5 heteroatoms. The van der Waals surface area contributed by atoms with Crippen molar-refractivity contribution in [3.63, 3.8) is 0 Å². The molecule has 0 atom stereocenters. The van der Waals surface area contributed by atoms with Gasteiger partial charge < -0.3 is 0 Å². The molecule has 0 radical (unpaired) electrons. The number of para-hydroxylation sites is 2. The summed E-state index contributed by atoms with van der Waals surface area (Å²) in [6, 6.07) is 22.8. The van der Waals surface area contributed by atoms with Gasteiger partial charge >= 0.3 is 153 Å². The predicted molar refractivity (Wildman–Crippen MR) is 105 cm³/mol. The van der Waals surface area contributed by atoms with Gasteiger partial charge in [-0.3, -0.25) is 0 Å². The number of hydrogen-bond acceptors (Lipinski definition) is 3. The van der Waals surface area contributed by atoms with Crippen molar-refractivity contribution in [1.29, 1.82) is 0 Å². The molecule has 0 spiro atoms. The fraction of sp³-hybridized carbons (Fsp3) is 0.136. The minimum atomic E-state index is -0.365. The van der Waals surface area contributed by atoms with Crippen LogP contribution in [0.5, 0.6) is 11.5 Å². The summed E-state index contributed by atoms with van der Waals surface area (Å²) in [6.45, 7) is 2.14. The van der Waals surface area contributed by atoms with E-state index in [1.165, 1.54) is 5.56 Å². The number of hydrogen-bond donors (Lipinski definition) is 0. The molecular formula is C22H20ClO3Ti. The number of halogens is 1.